The molecule has 0 aromatic heterocycles. The number of carbonyl (C=O) groups is 1. The van der Waals surface area contributed by atoms with Crippen molar-refractivity contribution in [2.24, 2.45) is 0 Å². The highest BCUT2D eigenvalue weighted by molar-refractivity contribution is 5.76. The van der Waals surface area contributed by atoms with Gasteiger partial charge >= 0.3 is 0 Å². The molecule has 9 N–H and O–H groups in total. The van der Waals surface area contributed by atoms with E-state index in [4.69, 9.17) is 18.9 Å². The molecule has 0 spiro atoms. The Balaban J connectivity index is 1.82. The summed E-state index contributed by atoms with van der Waals surface area (Å²) in [5.41, 5.74) is 0. The maximum atomic E-state index is 13.2. The summed E-state index contributed by atoms with van der Waals surface area (Å²) in [6, 6.07) is -0.972. The first kappa shape index (κ1) is 70.2. The molecule has 12 atom stereocenters. The number of hydrogen-bond acceptors (Lipinski definition) is 13. The van der Waals surface area contributed by atoms with Crippen LogP contribution in [0.2, 0.25) is 0 Å². The van der Waals surface area contributed by atoms with Crippen molar-refractivity contribution in [2.75, 3.05) is 19.8 Å². The third-order valence-corrected chi connectivity index (χ3v) is 13.3. The minimum absolute atomic E-state index is 0.205. The maximum absolute atomic E-state index is 13.2. The SMILES string of the molecule is CC/C=C\C/C=C\C/C=C\C/C=C\C/C=C\C/C=C\C/C=C\C/C=C\CCCCC(=O)NC(COC1OC(CO)C(OC2OC(CO)C(O)C(O)C2O)C(O)C1O)C(O)/C=C/CC/C=C/CC/C=C/CCCCCCCCC. The molecule has 0 saturated carbocycles. The third kappa shape index (κ3) is 33.0. The molecule has 12 unspecified atom stereocenters. The Labute approximate surface area is 469 Å². The van der Waals surface area contributed by atoms with Gasteiger partial charge in [-0.2, -0.15) is 0 Å². The van der Waals surface area contributed by atoms with Gasteiger partial charge in [-0.25, -0.2) is 0 Å². The van der Waals surface area contributed by atoms with E-state index >= 15 is 0 Å². The molecule has 2 fully saturated rings. The number of rotatable bonds is 44. The topological polar surface area (TPSA) is 228 Å². The van der Waals surface area contributed by atoms with Crippen molar-refractivity contribution < 1.29 is 64.6 Å². The smallest absolute Gasteiger partial charge is 0.220 e. The summed E-state index contributed by atoms with van der Waals surface area (Å²) in [4.78, 5) is 13.2. The molecule has 0 bridgehead atoms. The number of aliphatic hydroxyl groups is 8. The molecular weight excluding hydrogens is 991 g/mol. The van der Waals surface area contributed by atoms with E-state index < -0.39 is 86.8 Å². The molecule has 0 aliphatic carbocycles. The van der Waals surface area contributed by atoms with Crippen molar-refractivity contribution in [3.8, 4) is 0 Å². The van der Waals surface area contributed by atoms with Crippen LogP contribution in [0.25, 0.3) is 0 Å². The standard InChI is InChI=1S/C64H103NO13/c1-3-5-7-9-11-13-15-17-19-21-22-23-24-25-26-27-28-29-30-32-34-36-38-40-42-44-46-48-56(69)65-52(53(68)47-45-43-41-39-37-35-33-31-20-18-16-14-12-10-8-6-4-2)51-75-63-61(74)59(72)62(55(50-67)77-63)78-64-60(73)58(71)57(70)54(49-66)76-64/h5,7,11,13,17,19-20,22-23,25-26,28-29,31-32,34,37-40,45,47,52-55,57-64,66-68,70-74H,3-4,6,8-10,12,14-16,18,21,24,27,30,33,35-36,41-44,46,48-51H2,1-2H3,(H,65,69)/b7-5-,13-11-,19-17-,23-22-,26-25-,29-28-,31-20+,34-32-,39-37+,40-38-,47-45+. The summed E-state index contributed by atoms with van der Waals surface area (Å²) in [5.74, 6) is -0.303. The van der Waals surface area contributed by atoms with Gasteiger partial charge in [-0.3, -0.25) is 4.79 Å². The normalized spacial score (nSPS) is 25.6. The van der Waals surface area contributed by atoms with Crippen LogP contribution in [-0.2, 0) is 23.7 Å². The zero-order chi connectivity index (χ0) is 56.7. The third-order valence-electron chi connectivity index (χ3n) is 13.3. The highest BCUT2D eigenvalue weighted by atomic mass is 16.7. The largest absolute Gasteiger partial charge is 0.394 e. The Morgan fingerprint density at radius 1 is 0.474 bits per heavy atom. The summed E-state index contributed by atoms with van der Waals surface area (Å²) >= 11 is 0. The highest BCUT2D eigenvalue weighted by Crippen LogP contribution is 2.30. The molecule has 0 aromatic carbocycles. The summed E-state index contributed by atoms with van der Waals surface area (Å²) < 4.78 is 22.7. The lowest BCUT2D eigenvalue weighted by molar-refractivity contribution is -0.359. The van der Waals surface area contributed by atoms with Crippen LogP contribution < -0.4 is 5.32 Å². The average Bonchev–Trinajstić information content (AvgIpc) is 3.44. The minimum atomic E-state index is -1.80. The van der Waals surface area contributed by atoms with Gasteiger partial charge in [-0.1, -0.05) is 186 Å². The van der Waals surface area contributed by atoms with Gasteiger partial charge in [0.1, 0.15) is 48.8 Å². The van der Waals surface area contributed by atoms with Crippen molar-refractivity contribution >= 4 is 5.91 Å². The predicted molar refractivity (Wildman–Crippen MR) is 313 cm³/mol. The van der Waals surface area contributed by atoms with E-state index in [2.05, 4.69) is 141 Å². The van der Waals surface area contributed by atoms with E-state index in [0.29, 0.717) is 12.8 Å². The van der Waals surface area contributed by atoms with Gasteiger partial charge in [0.15, 0.2) is 12.6 Å². The second-order valence-corrected chi connectivity index (χ2v) is 20.0. The molecule has 14 heteroatoms. The van der Waals surface area contributed by atoms with Crippen LogP contribution >= 0.6 is 0 Å². The van der Waals surface area contributed by atoms with Crippen molar-refractivity contribution in [2.45, 2.75) is 242 Å². The van der Waals surface area contributed by atoms with Crippen LogP contribution in [0.5, 0.6) is 0 Å². The fraction of sp³-hybridized carbons (Fsp3) is 0.641. The van der Waals surface area contributed by atoms with Gasteiger partial charge in [0.25, 0.3) is 0 Å². The van der Waals surface area contributed by atoms with Crippen LogP contribution in [0.1, 0.15) is 168 Å². The summed E-state index contributed by atoms with van der Waals surface area (Å²) in [7, 11) is 0. The van der Waals surface area contributed by atoms with Crippen molar-refractivity contribution in [1.29, 1.82) is 0 Å². The second kappa shape index (κ2) is 47.9. The molecule has 2 rings (SSSR count). The van der Waals surface area contributed by atoms with E-state index in [0.717, 1.165) is 89.9 Å². The predicted octanol–water partition coefficient (Wildman–Crippen LogP) is 9.99. The van der Waals surface area contributed by atoms with Crippen LogP contribution in [0.4, 0.5) is 0 Å². The molecule has 14 nitrogen and oxygen atoms in total. The van der Waals surface area contributed by atoms with E-state index in [9.17, 15) is 45.6 Å². The zero-order valence-electron chi connectivity index (χ0n) is 47.3. The van der Waals surface area contributed by atoms with Crippen molar-refractivity contribution in [3.05, 3.63) is 134 Å². The lowest BCUT2D eigenvalue weighted by Gasteiger charge is -2.46. The molecule has 78 heavy (non-hydrogen) atoms. The fourth-order valence-corrected chi connectivity index (χ4v) is 8.57. The minimum Gasteiger partial charge on any atom is -0.394 e. The summed E-state index contributed by atoms with van der Waals surface area (Å²) in [6.45, 7) is 2.59. The molecule has 2 aliphatic rings. The maximum Gasteiger partial charge on any atom is 0.220 e. The summed E-state index contributed by atoms with van der Waals surface area (Å²) in [6.07, 6.45) is 53.4. The molecule has 2 heterocycles. The average molecular weight is 1090 g/mol. The number of unbranched alkanes of at least 4 members (excludes halogenated alkanes) is 11. The number of nitrogens with one attached hydrogen (secondary N) is 1. The molecule has 442 valence electrons. The number of allylic oxidation sites excluding steroid dienone is 21. The highest BCUT2D eigenvalue weighted by Gasteiger charge is 2.51. The Morgan fingerprint density at radius 3 is 1.41 bits per heavy atom. The second-order valence-electron chi connectivity index (χ2n) is 20.0. The lowest BCUT2D eigenvalue weighted by Crippen LogP contribution is -2.65. The van der Waals surface area contributed by atoms with Crippen LogP contribution in [0.15, 0.2) is 134 Å². The molecule has 2 saturated heterocycles. The zero-order valence-corrected chi connectivity index (χ0v) is 47.3. The Kier molecular flexibility index (Phi) is 43.1. The number of carbonyl (C=O) groups excluding carboxylic acids is 1. The van der Waals surface area contributed by atoms with Gasteiger partial charge < -0.3 is 65.1 Å². The molecular formula is C64H103NO13. The first-order chi connectivity index (χ1) is 38.1. The van der Waals surface area contributed by atoms with Crippen molar-refractivity contribution in [3.63, 3.8) is 0 Å². The molecule has 0 radical (unpaired) electrons. The van der Waals surface area contributed by atoms with Gasteiger partial charge in [-0.15, -0.1) is 0 Å². The van der Waals surface area contributed by atoms with Gasteiger partial charge in [0.2, 0.25) is 5.91 Å². The first-order valence-electron chi connectivity index (χ1n) is 29.4. The molecule has 0 aromatic rings. The van der Waals surface area contributed by atoms with Crippen molar-refractivity contribution in [1.82, 2.24) is 5.32 Å². The van der Waals surface area contributed by atoms with E-state index in [-0.39, 0.29) is 18.9 Å². The van der Waals surface area contributed by atoms with Crippen LogP contribution in [0.3, 0.4) is 0 Å². The Hall–Kier alpha value is -3.87. The van der Waals surface area contributed by atoms with Crippen LogP contribution in [0, 0.1) is 0 Å². The lowest BCUT2D eigenvalue weighted by atomic mass is 9.97. The van der Waals surface area contributed by atoms with Crippen LogP contribution in [-0.4, -0.2) is 140 Å². The summed E-state index contributed by atoms with van der Waals surface area (Å²) in [5, 5.41) is 87.0. The number of amides is 1. The number of aliphatic hydroxyl groups excluding tert-OH is 8. The van der Waals surface area contributed by atoms with Gasteiger partial charge in [0.05, 0.1) is 32.0 Å². The number of ether oxygens (including phenoxy) is 4. The number of hydrogen-bond donors (Lipinski definition) is 9. The van der Waals surface area contributed by atoms with E-state index in [1.54, 1.807) is 6.08 Å². The molecule has 2 aliphatic heterocycles. The molecule has 1 amide bonds. The monoisotopic (exact) mass is 1090 g/mol. The van der Waals surface area contributed by atoms with E-state index in [1.807, 2.05) is 6.08 Å². The Morgan fingerprint density at radius 2 is 0.897 bits per heavy atom. The van der Waals surface area contributed by atoms with Gasteiger partial charge in [-0.05, 0) is 109 Å². The Bertz CT molecular complexity index is 1820. The first-order valence-corrected chi connectivity index (χ1v) is 29.4. The fourth-order valence-electron chi connectivity index (χ4n) is 8.57. The van der Waals surface area contributed by atoms with E-state index in [1.165, 1.54) is 44.9 Å². The van der Waals surface area contributed by atoms with Gasteiger partial charge in [0, 0.05) is 6.42 Å². The quantitative estimate of drug-likeness (QED) is 0.0205.